The Hall–Kier alpha value is -5.53. The highest BCUT2D eigenvalue weighted by Gasteiger charge is 2.34. The number of benzene rings is 3. The van der Waals surface area contributed by atoms with Gasteiger partial charge in [0.15, 0.2) is 0 Å². The van der Waals surface area contributed by atoms with Gasteiger partial charge in [-0.15, -0.1) is 0 Å². The molecular formula is C35H38F3N5O6. The molecule has 3 aromatic rings. The van der Waals surface area contributed by atoms with Gasteiger partial charge in [-0.25, -0.2) is 0 Å². The Morgan fingerprint density at radius 1 is 0.694 bits per heavy atom. The van der Waals surface area contributed by atoms with Crippen LogP contribution >= 0.6 is 0 Å². The summed E-state index contributed by atoms with van der Waals surface area (Å²) in [6, 6.07) is 17.1. The van der Waals surface area contributed by atoms with Crippen LogP contribution in [-0.4, -0.2) is 59.0 Å². The summed E-state index contributed by atoms with van der Waals surface area (Å²) in [6.07, 6.45) is -5.21. The van der Waals surface area contributed by atoms with E-state index in [2.05, 4.69) is 21.3 Å². The van der Waals surface area contributed by atoms with E-state index in [-0.39, 0.29) is 24.8 Å². The molecule has 0 aromatic heterocycles. The number of halogens is 3. The molecule has 6 N–H and O–H groups in total. The number of primary amides is 1. The van der Waals surface area contributed by atoms with E-state index in [4.69, 9.17) is 5.73 Å². The highest BCUT2D eigenvalue weighted by Crippen LogP contribution is 2.29. The van der Waals surface area contributed by atoms with Crippen LogP contribution in [0.1, 0.15) is 43.0 Å². The van der Waals surface area contributed by atoms with Gasteiger partial charge in [0, 0.05) is 12.8 Å². The van der Waals surface area contributed by atoms with E-state index in [1.165, 1.54) is 32.9 Å². The molecule has 0 aliphatic carbocycles. The molecule has 14 heteroatoms. The molecule has 3 rings (SSSR count). The molecule has 1 unspecified atom stereocenters. The zero-order valence-electron chi connectivity index (χ0n) is 27.1. The fraction of sp³-hybridized carbons (Fsp3) is 0.314. The minimum absolute atomic E-state index is 0.0617. The second-order valence-electron chi connectivity index (χ2n) is 12.0. The lowest BCUT2D eigenvalue weighted by atomic mass is 10.0. The summed E-state index contributed by atoms with van der Waals surface area (Å²) in [5.74, 6) is -5.57. The van der Waals surface area contributed by atoms with Crippen LogP contribution in [0.4, 0.5) is 13.2 Å². The zero-order chi connectivity index (χ0) is 36.4. The van der Waals surface area contributed by atoms with Crippen LogP contribution in [-0.2, 0) is 54.2 Å². The summed E-state index contributed by atoms with van der Waals surface area (Å²) < 4.78 is 40.1. The molecule has 0 radical (unpaired) electrons. The number of nitrogens with one attached hydrogen (secondary N) is 4. The van der Waals surface area contributed by atoms with Crippen LogP contribution in [0.5, 0.6) is 0 Å². The first-order valence-electron chi connectivity index (χ1n) is 15.3. The monoisotopic (exact) mass is 681 g/mol. The third-order valence-electron chi connectivity index (χ3n) is 7.49. The molecule has 0 heterocycles. The lowest BCUT2D eigenvalue weighted by Gasteiger charge is -2.26. The normalized spacial score (nSPS) is 13.3. The predicted octanol–water partition coefficient (Wildman–Crippen LogP) is 2.16. The molecule has 260 valence electrons. The summed E-state index contributed by atoms with van der Waals surface area (Å²) in [5.41, 5.74) is 4.25. The number of carbonyl (C=O) groups excluding carboxylic acids is 6. The third kappa shape index (κ3) is 11.6. The predicted molar refractivity (Wildman–Crippen MR) is 173 cm³/mol. The van der Waals surface area contributed by atoms with Crippen molar-refractivity contribution in [2.45, 2.75) is 69.9 Å². The summed E-state index contributed by atoms with van der Waals surface area (Å²) in [6.45, 7) is 3.94. The minimum atomic E-state index is -4.65. The van der Waals surface area contributed by atoms with Crippen LogP contribution in [0.15, 0.2) is 84.9 Å². The number of hydrogen-bond acceptors (Lipinski definition) is 6. The van der Waals surface area contributed by atoms with E-state index in [0.717, 1.165) is 12.1 Å². The Labute approximate surface area is 281 Å². The average Bonchev–Trinajstić information content (AvgIpc) is 3.04. The molecule has 11 nitrogen and oxygen atoms in total. The highest BCUT2D eigenvalue weighted by molar-refractivity contribution is 6.38. The molecule has 0 spiro atoms. The first-order chi connectivity index (χ1) is 23.0. The summed E-state index contributed by atoms with van der Waals surface area (Å²) >= 11 is 0. The van der Waals surface area contributed by atoms with Gasteiger partial charge in [0.25, 0.3) is 5.91 Å². The van der Waals surface area contributed by atoms with E-state index < -0.39 is 70.7 Å². The maximum Gasteiger partial charge on any atom is 0.416 e. The quantitative estimate of drug-likeness (QED) is 0.154. The van der Waals surface area contributed by atoms with E-state index in [9.17, 15) is 41.9 Å². The second kappa shape index (κ2) is 16.5. The van der Waals surface area contributed by atoms with Crippen molar-refractivity contribution in [3.8, 4) is 0 Å². The summed E-state index contributed by atoms with van der Waals surface area (Å²) in [4.78, 5) is 77.4. The average molecular weight is 682 g/mol. The lowest BCUT2D eigenvalue weighted by molar-refractivity contribution is -0.141. The standard InChI is InChI=1S/C35H38F3N5O6/c1-21(29(45)32(48)42-27(18-22-11-6-4-7-12-22)31(47)43-34(2,3)33(39)49)40-30(46)26(41-28(44)20-23-13-8-5-9-14-23)19-24-15-10-16-25(17-24)35(36,37)38/h4-17,21,26-27H,18-20H2,1-3H3,(H2,39,49)(H,40,46)(H,41,44)(H,42,48)(H,43,47)/t21?,26-,27-/m0/s1. The number of rotatable bonds is 15. The summed E-state index contributed by atoms with van der Waals surface area (Å²) in [7, 11) is 0. The number of alkyl halides is 3. The lowest BCUT2D eigenvalue weighted by Crippen LogP contribution is -2.60. The van der Waals surface area contributed by atoms with Gasteiger partial charge < -0.3 is 27.0 Å². The van der Waals surface area contributed by atoms with Crippen molar-refractivity contribution >= 4 is 35.3 Å². The Balaban J connectivity index is 1.77. The topological polar surface area (TPSA) is 177 Å². The highest BCUT2D eigenvalue weighted by atomic mass is 19.4. The molecule has 0 aliphatic rings. The third-order valence-corrected chi connectivity index (χ3v) is 7.49. The molecular weight excluding hydrogens is 643 g/mol. The Morgan fingerprint density at radius 2 is 1.22 bits per heavy atom. The van der Waals surface area contributed by atoms with Gasteiger partial charge in [0.1, 0.15) is 17.6 Å². The molecule has 49 heavy (non-hydrogen) atoms. The van der Waals surface area contributed by atoms with Crippen molar-refractivity contribution in [2.75, 3.05) is 0 Å². The van der Waals surface area contributed by atoms with Crippen molar-refractivity contribution in [3.05, 3.63) is 107 Å². The van der Waals surface area contributed by atoms with E-state index in [1.807, 2.05) is 0 Å². The van der Waals surface area contributed by atoms with Crippen molar-refractivity contribution in [1.82, 2.24) is 21.3 Å². The number of ketones is 1. The number of amides is 5. The van der Waals surface area contributed by atoms with Gasteiger partial charge in [-0.1, -0.05) is 78.9 Å². The van der Waals surface area contributed by atoms with Crippen LogP contribution in [0.3, 0.4) is 0 Å². The van der Waals surface area contributed by atoms with E-state index in [1.54, 1.807) is 60.7 Å². The van der Waals surface area contributed by atoms with Gasteiger partial charge >= 0.3 is 6.18 Å². The number of carbonyl (C=O) groups is 6. The van der Waals surface area contributed by atoms with Crippen LogP contribution < -0.4 is 27.0 Å². The minimum Gasteiger partial charge on any atom is -0.368 e. The van der Waals surface area contributed by atoms with Gasteiger partial charge in [0.05, 0.1) is 18.0 Å². The van der Waals surface area contributed by atoms with Gasteiger partial charge in [-0.2, -0.15) is 13.2 Å². The first-order valence-corrected chi connectivity index (χ1v) is 15.3. The number of Topliss-reactive ketones (excluding diaryl/α,β-unsaturated/α-hetero) is 1. The Bertz CT molecular complexity index is 1660. The van der Waals surface area contributed by atoms with E-state index in [0.29, 0.717) is 11.1 Å². The van der Waals surface area contributed by atoms with Crippen LogP contribution in [0.2, 0.25) is 0 Å². The zero-order valence-corrected chi connectivity index (χ0v) is 27.1. The molecule has 3 atom stereocenters. The van der Waals surface area contributed by atoms with Gasteiger partial charge in [-0.3, -0.25) is 28.8 Å². The van der Waals surface area contributed by atoms with Crippen molar-refractivity contribution in [3.63, 3.8) is 0 Å². The second-order valence-corrected chi connectivity index (χ2v) is 12.0. The molecule has 0 saturated heterocycles. The maximum absolute atomic E-state index is 13.4. The fourth-order valence-corrected chi connectivity index (χ4v) is 4.67. The Morgan fingerprint density at radius 3 is 1.80 bits per heavy atom. The van der Waals surface area contributed by atoms with Crippen molar-refractivity contribution in [1.29, 1.82) is 0 Å². The van der Waals surface area contributed by atoms with Gasteiger partial charge in [-0.05, 0) is 43.5 Å². The Kier molecular flexibility index (Phi) is 12.8. The number of nitrogens with two attached hydrogens (primary N) is 1. The molecule has 0 aliphatic heterocycles. The first kappa shape index (κ1) is 37.9. The number of hydrogen-bond donors (Lipinski definition) is 5. The molecule has 0 bridgehead atoms. The van der Waals surface area contributed by atoms with Crippen molar-refractivity contribution in [2.24, 2.45) is 5.73 Å². The molecule has 0 saturated carbocycles. The smallest absolute Gasteiger partial charge is 0.368 e. The largest absolute Gasteiger partial charge is 0.416 e. The van der Waals surface area contributed by atoms with Crippen LogP contribution in [0, 0.1) is 0 Å². The van der Waals surface area contributed by atoms with Crippen molar-refractivity contribution < 1.29 is 41.9 Å². The molecule has 0 fully saturated rings. The van der Waals surface area contributed by atoms with Crippen LogP contribution in [0.25, 0.3) is 0 Å². The maximum atomic E-state index is 13.4. The van der Waals surface area contributed by atoms with Gasteiger partial charge in [0.2, 0.25) is 29.4 Å². The fourth-order valence-electron chi connectivity index (χ4n) is 4.67. The summed E-state index contributed by atoms with van der Waals surface area (Å²) in [5, 5.41) is 9.67. The van der Waals surface area contributed by atoms with E-state index >= 15 is 0 Å². The molecule has 3 aromatic carbocycles. The SMILES string of the molecule is CC(NC(=O)[C@H](Cc1cccc(C(F)(F)F)c1)NC(=O)Cc1ccccc1)C(=O)C(=O)N[C@@H](Cc1ccccc1)C(=O)NC(C)(C)C(N)=O. The molecule has 5 amide bonds.